The Morgan fingerprint density at radius 3 is 1.79 bits per heavy atom. The first kappa shape index (κ1) is 19.2. The Bertz CT molecular complexity index is 967. The maximum Gasteiger partial charge on any atom is 0.269 e. The first-order valence-corrected chi connectivity index (χ1v) is 8.51. The van der Waals surface area contributed by atoms with Crippen LogP contribution in [0.5, 0.6) is 0 Å². The quantitative estimate of drug-likeness (QED) is 0.600. The highest BCUT2D eigenvalue weighted by molar-refractivity contribution is 5.95. The van der Waals surface area contributed by atoms with Gasteiger partial charge in [-0.2, -0.15) is 0 Å². The summed E-state index contributed by atoms with van der Waals surface area (Å²) in [6.07, 6.45) is -0.385. The Balaban J connectivity index is 1.97. The number of ketones is 1. The van der Waals surface area contributed by atoms with Crippen LogP contribution >= 0.6 is 0 Å². The normalized spacial score (nSPS) is 19.1. The number of allylic oxidation sites excluding steroid dienone is 1. The molecule has 9 nitrogen and oxygen atoms in total. The Kier molecular flexibility index (Phi) is 5.18. The summed E-state index contributed by atoms with van der Waals surface area (Å²) in [4.78, 5) is 33.0. The second-order valence-electron chi connectivity index (χ2n) is 6.47. The molecular formula is C19H18N4O5. The van der Waals surface area contributed by atoms with Gasteiger partial charge in [-0.15, -0.1) is 0 Å². The summed E-state index contributed by atoms with van der Waals surface area (Å²) in [5, 5.41) is 28.3. The van der Waals surface area contributed by atoms with Crippen LogP contribution in [-0.2, 0) is 4.79 Å². The molecule has 0 spiro atoms. The average molecular weight is 382 g/mol. The number of nitrogens with zero attached hydrogens (tertiary/aromatic N) is 2. The van der Waals surface area contributed by atoms with Crippen LogP contribution in [0.2, 0.25) is 0 Å². The fraction of sp³-hybridized carbons (Fsp3) is 0.211. The van der Waals surface area contributed by atoms with Gasteiger partial charge >= 0.3 is 0 Å². The first-order chi connectivity index (χ1) is 13.3. The number of nitro benzene ring substituents is 2. The number of non-ortho nitro benzene ring substituents is 2. The van der Waals surface area contributed by atoms with Crippen molar-refractivity contribution in [3.05, 3.63) is 91.2 Å². The summed E-state index contributed by atoms with van der Waals surface area (Å²) >= 11 is 0. The number of nitrogens with one attached hydrogen (secondary N) is 2. The van der Waals surface area contributed by atoms with Gasteiger partial charge in [0.25, 0.3) is 11.4 Å². The van der Waals surface area contributed by atoms with Gasteiger partial charge in [-0.1, -0.05) is 12.1 Å². The topological polar surface area (TPSA) is 127 Å². The lowest BCUT2D eigenvalue weighted by atomic mass is 9.91. The van der Waals surface area contributed by atoms with E-state index >= 15 is 0 Å². The van der Waals surface area contributed by atoms with Crippen molar-refractivity contribution in [2.24, 2.45) is 0 Å². The standard InChI is InChI=1S/C19H18N4O5/c1-11-17(12(2)24)18(13-3-7-15(8-4-13)22(25)26)21-19(20-11)14-5-9-16(10-6-14)23(27)28/h3-10,18-21H,1-2H3/t18-,19+/m0/s1. The Morgan fingerprint density at radius 2 is 1.36 bits per heavy atom. The van der Waals surface area contributed by atoms with E-state index < -0.39 is 15.9 Å². The molecule has 0 aliphatic carbocycles. The van der Waals surface area contributed by atoms with Crippen molar-refractivity contribution < 1.29 is 14.6 Å². The van der Waals surface area contributed by atoms with E-state index in [9.17, 15) is 25.0 Å². The second kappa shape index (κ2) is 7.57. The predicted molar refractivity (Wildman–Crippen MR) is 101 cm³/mol. The maximum absolute atomic E-state index is 12.2. The highest BCUT2D eigenvalue weighted by Crippen LogP contribution is 2.33. The van der Waals surface area contributed by atoms with E-state index in [4.69, 9.17) is 0 Å². The molecule has 2 N–H and O–H groups in total. The van der Waals surface area contributed by atoms with Crippen LogP contribution in [0.3, 0.4) is 0 Å². The number of carbonyl (C=O) groups is 1. The van der Waals surface area contributed by atoms with Gasteiger partial charge in [-0.3, -0.25) is 30.3 Å². The molecule has 0 amide bonds. The number of hydrogen-bond acceptors (Lipinski definition) is 7. The van der Waals surface area contributed by atoms with Gasteiger partial charge in [0, 0.05) is 35.5 Å². The third kappa shape index (κ3) is 3.74. The lowest BCUT2D eigenvalue weighted by Gasteiger charge is -2.35. The van der Waals surface area contributed by atoms with Gasteiger partial charge < -0.3 is 5.32 Å². The van der Waals surface area contributed by atoms with Crippen molar-refractivity contribution in [3.63, 3.8) is 0 Å². The summed E-state index contributed by atoms with van der Waals surface area (Å²) in [6.45, 7) is 3.25. The van der Waals surface area contributed by atoms with Crippen molar-refractivity contribution in [2.75, 3.05) is 0 Å². The van der Waals surface area contributed by atoms with Crippen LogP contribution in [0.4, 0.5) is 11.4 Å². The van der Waals surface area contributed by atoms with E-state index in [2.05, 4.69) is 10.6 Å². The van der Waals surface area contributed by atoms with Crippen molar-refractivity contribution in [2.45, 2.75) is 26.1 Å². The molecule has 1 heterocycles. The molecule has 1 aliphatic heterocycles. The van der Waals surface area contributed by atoms with Gasteiger partial charge in [0.2, 0.25) is 0 Å². The number of benzene rings is 2. The molecule has 9 heteroatoms. The highest BCUT2D eigenvalue weighted by atomic mass is 16.6. The van der Waals surface area contributed by atoms with Gasteiger partial charge in [-0.25, -0.2) is 0 Å². The van der Waals surface area contributed by atoms with Crippen molar-refractivity contribution in [3.8, 4) is 0 Å². The Hall–Kier alpha value is -3.59. The zero-order valence-electron chi connectivity index (χ0n) is 15.2. The molecule has 0 bridgehead atoms. The third-order valence-corrected chi connectivity index (χ3v) is 4.64. The first-order valence-electron chi connectivity index (χ1n) is 8.51. The fourth-order valence-corrected chi connectivity index (χ4v) is 3.29. The molecule has 0 fully saturated rings. The molecule has 1 aliphatic rings. The SMILES string of the molecule is CC(=O)C1=C(C)N[C@@H](c2ccc([N+](=O)[O-])cc2)N[C@H]1c1ccc([N+](=O)[O-])cc1. The number of hydrogen-bond donors (Lipinski definition) is 2. The van der Waals surface area contributed by atoms with Crippen LogP contribution in [0.1, 0.15) is 37.2 Å². The number of Topliss-reactive ketones (excluding diaryl/α,β-unsaturated/α-hetero) is 1. The minimum absolute atomic E-state index is 0.0110. The predicted octanol–water partition coefficient (Wildman–Crippen LogP) is 3.30. The van der Waals surface area contributed by atoms with E-state index in [0.29, 0.717) is 16.8 Å². The van der Waals surface area contributed by atoms with Gasteiger partial charge in [0.15, 0.2) is 5.78 Å². The molecule has 0 saturated carbocycles. The van der Waals surface area contributed by atoms with E-state index in [1.54, 1.807) is 31.2 Å². The molecular weight excluding hydrogens is 364 g/mol. The molecule has 3 rings (SSSR count). The van der Waals surface area contributed by atoms with Gasteiger partial charge in [-0.05, 0) is 37.1 Å². The summed E-state index contributed by atoms with van der Waals surface area (Å²) in [7, 11) is 0. The number of rotatable bonds is 5. The van der Waals surface area contributed by atoms with Crippen LogP contribution in [0.25, 0.3) is 0 Å². The highest BCUT2D eigenvalue weighted by Gasteiger charge is 2.31. The van der Waals surface area contributed by atoms with Crippen LogP contribution in [0.15, 0.2) is 59.8 Å². The smallest absolute Gasteiger partial charge is 0.269 e. The Morgan fingerprint density at radius 1 is 0.893 bits per heavy atom. The molecule has 2 aromatic rings. The number of carbonyl (C=O) groups excluding carboxylic acids is 1. The van der Waals surface area contributed by atoms with E-state index in [1.807, 2.05) is 0 Å². The largest absolute Gasteiger partial charge is 0.369 e. The molecule has 2 aromatic carbocycles. The minimum atomic E-state index is -0.480. The van der Waals surface area contributed by atoms with Gasteiger partial charge in [0.05, 0.1) is 15.9 Å². The van der Waals surface area contributed by atoms with E-state index in [0.717, 1.165) is 5.56 Å². The monoisotopic (exact) mass is 382 g/mol. The second-order valence-corrected chi connectivity index (χ2v) is 6.47. The molecule has 144 valence electrons. The van der Waals surface area contributed by atoms with Crippen LogP contribution in [0, 0.1) is 20.2 Å². The third-order valence-electron chi connectivity index (χ3n) is 4.64. The fourth-order valence-electron chi connectivity index (χ4n) is 3.29. The zero-order chi connectivity index (χ0) is 20.4. The lowest BCUT2D eigenvalue weighted by Crippen LogP contribution is -2.43. The average Bonchev–Trinajstić information content (AvgIpc) is 2.67. The van der Waals surface area contributed by atoms with Crippen molar-refractivity contribution >= 4 is 17.2 Å². The van der Waals surface area contributed by atoms with E-state index in [-0.39, 0.29) is 23.3 Å². The molecule has 0 aromatic heterocycles. The summed E-state index contributed by atoms with van der Waals surface area (Å²) in [5.74, 6) is -0.122. The zero-order valence-corrected chi connectivity index (χ0v) is 15.2. The molecule has 28 heavy (non-hydrogen) atoms. The summed E-state index contributed by atoms with van der Waals surface area (Å²) in [5.41, 5.74) is 2.64. The number of nitro groups is 2. The lowest BCUT2D eigenvalue weighted by molar-refractivity contribution is -0.385. The van der Waals surface area contributed by atoms with Gasteiger partial charge in [0.1, 0.15) is 6.17 Å². The summed E-state index contributed by atoms with van der Waals surface area (Å²) in [6, 6.07) is 11.7. The molecule has 0 radical (unpaired) electrons. The van der Waals surface area contributed by atoms with Crippen LogP contribution in [-0.4, -0.2) is 15.6 Å². The molecule has 0 unspecified atom stereocenters. The van der Waals surface area contributed by atoms with E-state index in [1.165, 1.54) is 31.2 Å². The van der Waals surface area contributed by atoms with Crippen molar-refractivity contribution in [1.29, 1.82) is 0 Å². The maximum atomic E-state index is 12.2. The summed E-state index contributed by atoms with van der Waals surface area (Å²) < 4.78 is 0. The van der Waals surface area contributed by atoms with Crippen molar-refractivity contribution in [1.82, 2.24) is 10.6 Å². The van der Waals surface area contributed by atoms with Crippen LogP contribution < -0.4 is 10.6 Å². The minimum Gasteiger partial charge on any atom is -0.369 e. The Labute approximate surface area is 160 Å². The molecule has 0 saturated heterocycles. The molecule has 2 atom stereocenters.